The highest BCUT2D eigenvalue weighted by atomic mass is 32.1. The standard InChI is InChI=1S/C28H24O5S/c1-15(2)27(29)32-19-9-7-18(8-10-19)20-11-12-22-21-13-14-23(33-28(30)16(3)4)17(5)25(21)34-26(22)24(20)31-6/h7-14H,1,3H2,2,4-6H3. The van der Waals surface area contributed by atoms with E-state index in [1.54, 1.807) is 44.4 Å². The molecular weight excluding hydrogens is 448 g/mol. The van der Waals surface area contributed by atoms with E-state index in [4.69, 9.17) is 14.2 Å². The highest BCUT2D eigenvalue weighted by Gasteiger charge is 2.18. The molecule has 4 aromatic rings. The third kappa shape index (κ3) is 4.20. The van der Waals surface area contributed by atoms with E-state index < -0.39 is 11.9 Å². The van der Waals surface area contributed by atoms with Crippen molar-refractivity contribution in [2.24, 2.45) is 0 Å². The first-order chi connectivity index (χ1) is 16.2. The second kappa shape index (κ2) is 9.15. The fraction of sp³-hybridized carbons (Fsp3) is 0.143. The second-order valence-electron chi connectivity index (χ2n) is 8.05. The van der Waals surface area contributed by atoms with Gasteiger partial charge in [-0.3, -0.25) is 0 Å². The van der Waals surface area contributed by atoms with Crippen LogP contribution in [0.5, 0.6) is 17.2 Å². The quantitative estimate of drug-likeness (QED) is 0.172. The predicted molar refractivity (Wildman–Crippen MR) is 137 cm³/mol. The van der Waals surface area contributed by atoms with Gasteiger partial charge in [0, 0.05) is 37.7 Å². The molecule has 1 heterocycles. The molecule has 172 valence electrons. The van der Waals surface area contributed by atoms with Crippen molar-refractivity contribution in [1.82, 2.24) is 0 Å². The van der Waals surface area contributed by atoms with Gasteiger partial charge < -0.3 is 14.2 Å². The number of hydrogen-bond donors (Lipinski definition) is 0. The van der Waals surface area contributed by atoms with E-state index in [0.29, 0.717) is 22.6 Å². The molecule has 0 aliphatic carbocycles. The van der Waals surface area contributed by atoms with Crippen molar-refractivity contribution < 1.29 is 23.8 Å². The highest BCUT2D eigenvalue weighted by Crippen LogP contribution is 2.46. The molecule has 0 bridgehead atoms. The van der Waals surface area contributed by atoms with Crippen molar-refractivity contribution in [2.75, 3.05) is 7.11 Å². The van der Waals surface area contributed by atoms with Crippen molar-refractivity contribution in [3.05, 3.63) is 78.4 Å². The summed E-state index contributed by atoms with van der Waals surface area (Å²) in [6.07, 6.45) is 0. The van der Waals surface area contributed by atoms with E-state index in [1.165, 1.54) is 0 Å². The lowest BCUT2D eigenvalue weighted by molar-refractivity contribution is -0.130. The zero-order chi connectivity index (χ0) is 24.6. The maximum atomic E-state index is 12.0. The molecule has 0 saturated heterocycles. The Morgan fingerprint density at radius 1 is 0.794 bits per heavy atom. The normalized spacial score (nSPS) is 10.8. The Kier molecular flexibility index (Phi) is 6.26. The summed E-state index contributed by atoms with van der Waals surface area (Å²) in [7, 11) is 1.65. The summed E-state index contributed by atoms with van der Waals surface area (Å²) >= 11 is 1.59. The zero-order valence-electron chi connectivity index (χ0n) is 19.5. The molecule has 0 aliphatic heterocycles. The maximum Gasteiger partial charge on any atom is 0.338 e. The Bertz CT molecular complexity index is 1470. The zero-order valence-corrected chi connectivity index (χ0v) is 20.3. The molecule has 0 aliphatic rings. The van der Waals surface area contributed by atoms with Gasteiger partial charge in [0.15, 0.2) is 0 Å². The molecule has 0 fully saturated rings. The van der Waals surface area contributed by atoms with Crippen LogP contribution >= 0.6 is 11.3 Å². The minimum atomic E-state index is -0.458. The minimum Gasteiger partial charge on any atom is -0.495 e. The minimum absolute atomic E-state index is 0.341. The van der Waals surface area contributed by atoms with Crippen LogP contribution in [0.4, 0.5) is 0 Å². The number of aryl methyl sites for hydroxylation is 1. The van der Waals surface area contributed by atoms with Gasteiger partial charge in [0.1, 0.15) is 17.2 Å². The molecule has 1 aromatic heterocycles. The molecule has 0 saturated carbocycles. The van der Waals surface area contributed by atoms with Crippen molar-refractivity contribution in [3.8, 4) is 28.4 Å². The molecule has 0 radical (unpaired) electrons. The van der Waals surface area contributed by atoms with Gasteiger partial charge in [-0.2, -0.15) is 0 Å². The first kappa shape index (κ1) is 23.3. The van der Waals surface area contributed by atoms with Crippen molar-refractivity contribution >= 4 is 43.4 Å². The summed E-state index contributed by atoms with van der Waals surface area (Å²) < 4.78 is 18.7. The Labute approximate surface area is 201 Å². The molecule has 5 nitrogen and oxygen atoms in total. The first-order valence-corrected chi connectivity index (χ1v) is 11.4. The average molecular weight is 473 g/mol. The van der Waals surface area contributed by atoms with Crippen molar-refractivity contribution in [1.29, 1.82) is 0 Å². The van der Waals surface area contributed by atoms with Gasteiger partial charge in [0.2, 0.25) is 0 Å². The predicted octanol–water partition coefficient (Wildman–Crippen LogP) is 7.00. The first-order valence-electron chi connectivity index (χ1n) is 10.6. The van der Waals surface area contributed by atoms with Crippen LogP contribution in [-0.4, -0.2) is 19.0 Å². The number of methoxy groups -OCH3 is 1. The van der Waals surface area contributed by atoms with Crippen LogP contribution in [0.25, 0.3) is 31.3 Å². The Balaban J connectivity index is 1.78. The van der Waals surface area contributed by atoms with Crippen LogP contribution < -0.4 is 14.2 Å². The van der Waals surface area contributed by atoms with Crippen LogP contribution in [0.15, 0.2) is 72.8 Å². The van der Waals surface area contributed by atoms with Gasteiger partial charge in [-0.25, -0.2) is 9.59 Å². The number of carbonyl (C=O) groups excluding carboxylic acids is 2. The van der Waals surface area contributed by atoms with Gasteiger partial charge in [0.05, 0.1) is 11.8 Å². The van der Waals surface area contributed by atoms with Gasteiger partial charge in [-0.1, -0.05) is 31.4 Å². The summed E-state index contributed by atoms with van der Waals surface area (Å²) in [5.74, 6) is 0.823. The van der Waals surface area contributed by atoms with E-state index in [1.807, 2.05) is 37.3 Å². The van der Waals surface area contributed by atoms with Crippen LogP contribution in [0.1, 0.15) is 19.4 Å². The summed E-state index contributed by atoms with van der Waals surface area (Å²) in [5.41, 5.74) is 3.43. The maximum absolute atomic E-state index is 12.0. The number of carbonyl (C=O) groups is 2. The van der Waals surface area contributed by atoms with Crippen molar-refractivity contribution in [2.45, 2.75) is 20.8 Å². The number of hydrogen-bond acceptors (Lipinski definition) is 6. The number of ether oxygens (including phenoxy) is 3. The van der Waals surface area contributed by atoms with Gasteiger partial charge in [-0.15, -0.1) is 11.3 Å². The lowest BCUT2D eigenvalue weighted by Crippen LogP contribution is -2.08. The number of benzene rings is 3. The van der Waals surface area contributed by atoms with Crippen LogP contribution in [0.2, 0.25) is 0 Å². The summed E-state index contributed by atoms with van der Waals surface area (Å²) in [5, 5.41) is 2.13. The molecule has 0 amide bonds. The Hall–Kier alpha value is -3.90. The Morgan fingerprint density at radius 2 is 1.38 bits per heavy atom. The summed E-state index contributed by atoms with van der Waals surface area (Å²) in [6.45, 7) is 12.4. The number of esters is 2. The van der Waals surface area contributed by atoms with E-state index in [9.17, 15) is 9.59 Å². The smallest absolute Gasteiger partial charge is 0.338 e. The molecule has 0 spiro atoms. The van der Waals surface area contributed by atoms with Gasteiger partial charge >= 0.3 is 11.9 Å². The molecule has 34 heavy (non-hydrogen) atoms. The van der Waals surface area contributed by atoms with E-state index in [-0.39, 0.29) is 0 Å². The third-order valence-electron chi connectivity index (χ3n) is 5.44. The van der Waals surface area contributed by atoms with Crippen molar-refractivity contribution in [3.63, 3.8) is 0 Å². The number of thiophene rings is 1. The highest BCUT2D eigenvalue weighted by molar-refractivity contribution is 7.26. The van der Waals surface area contributed by atoms with Crippen LogP contribution in [0, 0.1) is 6.92 Å². The van der Waals surface area contributed by atoms with E-state index in [0.717, 1.165) is 42.6 Å². The number of rotatable bonds is 6. The third-order valence-corrected chi connectivity index (χ3v) is 6.78. The van der Waals surface area contributed by atoms with E-state index in [2.05, 4.69) is 19.2 Å². The molecule has 0 N–H and O–H groups in total. The van der Waals surface area contributed by atoms with E-state index >= 15 is 0 Å². The fourth-order valence-electron chi connectivity index (χ4n) is 3.62. The Morgan fingerprint density at radius 3 is 2.00 bits per heavy atom. The second-order valence-corrected chi connectivity index (χ2v) is 9.08. The summed E-state index contributed by atoms with van der Waals surface area (Å²) in [4.78, 5) is 23.8. The topological polar surface area (TPSA) is 61.8 Å². The van der Waals surface area contributed by atoms with Gasteiger partial charge in [-0.05, 0) is 56.7 Å². The average Bonchev–Trinajstić information content (AvgIpc) is 3.20. The summed E-state index contributed by atoms with van der Waals surface area (Å²) in [6, 6.07) is 15.1. The molecule has 3 aromatic carbocycles. The van der Waals surface area contributed by atoms with Gasteiger partial charge in [0.25, 0.3) is 0 Å². The SMILES string of the molecule is C=C(C)C(=O)Oc1ccc(-c2ccc3c(sc4c(C)c(OC(=O)C(=C)C)ccc43)c2OC)cc1. The molecule has 6 heteroatoms. The fourth-order valence-corrected chi connectivity index (χ4v) is 4.94. The van der Waals surface area contributed by atoms with Crippen LogP contribution in [0.3, 0.4) is 0 Å². The molecule has 0 atom stereocenters. The largest absolute Gasteiger partial charge is 0.495 e. The molecular formula is C28H24O5S. The lowest BCUT2D eigenvalue weighted by Gasteiger charge is -2.11. The molecule has 0 unspecified atom stereocenters. The van der Waals surface area contributed by atoms with Crippen LogP contribution in [-0.2, 0) is 9.59 Å². The molecule has 4 rings (SSSR count). The monoisotopic (exact) mass is 472 g/mol. The lowest BCUT2D eigenvalue weighted by atomic mass is 10.0. The number of fused-ring (bicyclic) bond motifs is 3.